The third kappa shape index (κ3) is 1.37. The fourth-order valence-corrected chi connectivity index (χ4v) is 2.99. The minimum absolute atomic E-state index is 0.0588. The van der Waals surface area contributed by atoms with E-state index < -0.39 is 0 Å². The fraction of sp³-hybridized carbons (Fsp3) is 0.250. The van der Waals surface area contributed by atoms with Crippen LogP contribution < -0.4 is 0 Å². The molecule has 0 nitrogen and oxygen atoms in total. The van der Waals surface area contributed by atoms with Gasteiger partial charge in [-0.15, -0.1) is 0 Å². The van der Waals surface area contributed by atoms with Crippen LogP contribution in [0.2, 0.25) is 5.02 Å². The molecule has 0 unspecified atom stereocenters. The van der Waals surface area contributed by atoms with Gasteiger partial charge in [-0.3, -0.25) is 0 Å². The van der Waals surface area contributed by atoms with E-state index in [0.29, 0.717) is 0 Å². The van der Waals surface area contributed by atoms with Crippen molar-refractivity contribution in [1.82, 2.24) is 0 Å². The van der Waals surface area contributed by atoms with Crippen LogP contribution >= 0.6 is 11.6 Å². The normalized spacial score (nSPS) is 15.5. The van der Waals surface area contributed by atoms with Crippen LogP contribution in [0.15, 0.2) is 36.4 Å². The summed E-state index contributed by atoms with van der Waals surface area (Å²) in [5, 5.41) is 0.865. The molecule has 86 valence electrons. The van der Waals surface area contributed by atoms with E-state index in [4.69, 9.17) is 11.6 Å². The third-order valence-electron chi connectivity index (χ3n) is 3.86. The Hall–Kier alpha value is -1.27. The van der Waals surface area contributed by atoms with E-state index in [1.54, 1.807) is 0 Å². The van der Waals surface area contributed by atoms with Gasteiger partial charge in [0, 0.05) is 10.4 Å². The van der Waals surface area contributed by atoms with Crippen LogP contribution in [0.5, 0.6) is 0 Å². The van der Waals surface area contributed by atoms with Gasteiger partial charge >= 0.3 is 0 Å². The van der Waals surface area contributed by atoms with E-state index >= 15 is 0 Å². The molecular formula is C16H15Cl. The highest BCUT2D eigenvalue weighted by Gasteiger charge is 2.35. The molecule has 17 heavy (non-hydrogen) atoms. The van der Waals surface area contributed by atoms with E-state index in [0.717, 1.165) is 10.6 Å². The third-order valence-corrected chi connectivity index (χ3v) is 4.27. The predicted octanol–water partition coefficient (Wildman–Crippen LogP) is 4.95. The summed E-state index contributed by atoms with van der Waals surface area (Å²) in [5.41, 5.74) is 6.65. The summed E-state index contributed by atoms with van der Waals surface area (Å²) in [7, 11) is 0. The maximum Gasteiger partial charge on any atom is 0.0438 e. The van der Waals surface area contributed by atoms with Crippen LogP contribution in [0.25, 0.3) is 11.1 Å². The Labute approximate surface area is 107 Å². The number of benzene rings is 2. The predicted molar refractivity (Wildman–Crippen MR) is 73.8 cm³/mol. The van der Waals surface area contributed by atoms with Crippen LogP contribution in [-0.2, 0) is 5.41 Å². The Morgan fingerprint density at radius 3 is 2.41 bits per heavy atom. The molecule has 0 aliphatic heterocycles. The van der Waals surface area contributed by atoms with Gasteiger partial charge in [0.25, 0.3) is 0 Å². The highest BCUT2D eigenvalue weighted by Crippen LogP contribution is 2.49. The number of halogens is 1. The number of aryl methyl sites for hydroxylation is 1. The summed E-state index contributed by atoms with van der Waals surface area (Å²) < 4.78 is 0. The molecule has 0 aromatic heterocycles. The van der Waals surface area contributed by atoms with Crippen molar-refractivity contribution in [3.63, 3.8) is 0 Å². The molecule has 0 radical (unpaired) electrons. The molecule has 1 aliphatic rings. The number of rotatable bonds is 0. The first-order valence-corrected chi connectivity index (χ1v) is 6.30. The molecule has 0 atom stereocenters. The van der Waals surface area contributed by atoms with Gasteiger partial charge in [0.05, 0.1) is 0 Å². The van der Waals surface area contributed by atoms with Crippen molar-refractivity contribution in [3.8, 4) is 11.1 Å². The molecule has 0 fully saturated rings. The monoisotopic (exact) mass is 242 g/mol. The smallest absolute Gasteiger partial charge is 0.0438 e. The molecule has 0 saturated carbocycles. The van der Waals surface area contributed by atoms with Crippen molar-refractivity contribution in [2.24, 2.45) is 0 Å². The van der Waals surface area contributed by atoms with Crippen LogP contribution in [0.1, 0.15) is 30.5 Å². The summed E-state index contributed by atoms with van der Waals surface area (Å²) in [6.45, 7) is 6.60. The van der Waals surface area contributed by atoms with Gasteiger partial charge in [-0.1, -0.05) is 49.7 Å². The standard InChI is InChI=1S/C16H15Cl/c1-10-8-12-11-6-4-5-7-13(11)16(2,3)14(12)9-15(10)17/h4-9H,1-3H3. The first kappa shape index (κ1) is 10.9. The molecule has 1 heteroatoms. The van der Waals surface area contributed by atoms with Gasteiger partial charge < -0.3 is 0 Å². The molecule has 0 amide bonds. The molecule has 0 N–H and O–H groups in total. The Morgan fingerprint density at radius 1 is 0.941 bits per heavy atom. The van der Waals surface area contributed by atoms with Gasteiger partial charge in [-0.05, 0) is 46.9 Å². The molecule has 0 spiro atoms. The maximum absolute atomic E-state index is 6.26. The Morgan fingerprint density at radius 2 is 1.65 bits per heavy atom. The molecular weight excluding hydrogens is 228 g/mol. The maximum atomic E-state index is 6.26. The summed E-state index contributed by atoms with van der Waals surface area (Å²) in [5.74, 6) is 0. The summed E-state index contributed by atoms with van der Waals surface area (Å²) >= 11 is 6.26. The van der Waals surface area contributed by atoms with E-state index in [1.165, 1.54) is 22.3 Å². The summed E-state index contributed by atoms with van der Waals surface area (Å²) in [6.07, 6.45) is 0. The Bertz CT molecular complexity index is 609. The van der Waals surface area contributed by atoms with Crippen molar-refractivity contribution in [3.05, 3.63) is 58.1 Å². The van der Waals surface area contributed by atoms with Crippen LogP contribution in [0, 0.1) is 6.92 Å². The van der Waals surface area contributed by atoms with Gasteiger partial charge in [-0.25, -0.2) is 0 Å². The van der Waals surface area contributed by atoms with Crippen LogP contribution in [0.4, 0.5) is 0 Å². The zero-order valence-electron chi connectivity index (χ0n) is 10.3. The summed E-state index contributed by atoms with van der Waals surface area (Å²) in [6, 6.07) is 13.0. The van der Waals surface area contributed by atoms with Gasteiger partial charge in [0.2, 0.25) is 0 Å². The van der Waals surface area contributed by atoms with E-state index in [-0.39, 0.29) is 5.41 Å². The molecule has 1 aliphatic carbocycles. The molecule has 2 aromatic carbocycles. The Balaban J connectivity index is 2.40. The largest absolute Gasteiger partial charge is 0.0840 e. The lowest BCUT2D eigenvalue weighted by atomic mass is 9.82. The van der Waals surface area contributed by atoms with Crippen molar-refractivity contribution in [1.29, 1.82) is 0 Å². The highest BCUT2D eigenvalue weighted by atomic mass is 35.5. The first-order chi connectivity index (χ1) is 8.01. The number of hydrogen-bond acceptors (Lipinski definition) is 0. The minimum Gasteiger partial charge on any atom is -0.0840 e. The molecule has 3 rings (SSSR count). The zero-order chi connectivity index (χ0) is 12.2. The van der Waals surface area contributed by atoms with Crippen LogP contribution in [-0.4, -0.2) is 0 Å². The fourth-order valence-electron chi connectivity index (χ4n) is 2.83. The average Bonchev–Trinajstić information content (AvgIpc) is 2.51. The molecule has 0 saturated heterocycles. The average molecular weight is 243 g/mol. The second-order valence-corrected chi connectivity index (χ2v) is 5.72. The van der Waals surface area contributed by atoms with E-state index in [2.05, 4.69) is 57.2 Å². The quantitative estimate of drug-likeness (QED) is 0.613. The lowest BCUT2D eigenvalue weighted by molar-refractivity contribution is 0.660. The summed E-state index contributed by atoms with van der Waals surface area (Å²) in [4.78, 5) is 0. The van der Waals surface area contributed by atoms with Crippen molar-refractivity contribution >= 4 is 11.6 Å². The molecule has 2 aromatic rings. The second kappa shape index (κ2) is 3.36. The highest BCUT2D eigenvalue weighted by molar-refractivity contribution is 6.31. The molecule has 0 bridgehead atoms. The van der Waals surface area contributed by atoms with Crippen LogP contribution in [0.3, 0.4) is 0 Å². The number of hydrogen-bond donors (Lipinski definition) is 0. The van der Waals surface area contributed by atoms with Crippen molar-refractivity contribution in [2.75, 3.05) is 0 Å². The van der Waals surface area contributed by atoms with Gasteiger partial charge in [0.1, 0.15) is 0 Å². The zero-order valence-corrected chi connectivity index (χ0v) is 11.1. The van der Waals surface area contributed by atoms with Crippen molar-refractivity contribution < 1.29 is 0 Å². The van der Waals surface area contributed by atoms with Gasteiger partial charge in [-0.2, -0.15) is 0 Å². The molecule has 0 heterocycles. The number of fused-ring (bicyclic) bond motifs is 3. The first-order valence-electron chi connectivity index (χ1n) is 5.92. The van der Waals surface area contributed by atoms with Crippen molar-refractivity contribution in [2.45, 2.75) is 26.2 Å². The lowest BCUT2D eigenvalue weighted by Crippen LogP contribution is -2.14. The van der Waals surface area contributed by atoms with E-state index in [9.17, 15) is 0 Å². The minimum atomic E-state index is 0.0588. The van der Waals surface area contributed by atoms with Gasteiger partial charge in [0.15, 0.2) is 0 Å². The Kier molecular flexibility index (Phi) is 2.15. The van der Waals surface area contributed by atoms with E-state index in [1.807, 2.05) is 0 Å². The lowest BCUT2D eigenvalue weighted by Gasteiger charge is -2.21. The SMILES string of the molecule is Cc1cc2c(cc1Cl)C(C)(C)c1ccccc1-2. The topological polar surface area (TPSA) is 0 Å². The second-order valence-electron chi connectivity index (χ2n) is 5.32.